The van der Waals surface area contributed by atoms with E-state index < -0.39 is 0 Å². The van der Waals surface area contributed by atoms with Gasteiger partial charge in [-0.15, -0.1) is 0 Å². The Morgan fingerprint density at radius 1 is 1.14 bits per heavy atom. The molecule has 6 nitrogen and oxygen atoms in total. The van der Waals surface area contributed by atoms with Crippen LogP contribution in [0.2, 0.25) is 0 Å². The minimum absolute atomic E-state index is 0.0779. The predicted molar refractivity (Wildman–Crippen MR) is 113 cm³/mol. The molecule has 6 heteroatoms. The van der Waals surface area contributed by atoms with E-state index in [2.05, 4.69) is 45.6 Å². The standard InChI is InChI=1S/C23H22N4O2/c1-14(17-11-23(28)25-12-17)29-22-10-16(9-19-18(22)4-3-7-24-19)15-5-6-21-20(8-15)26-13-27(21)2/h3-10,13-14,17H,11-12H2,1-2H3,(H,25,28)/t14-,17-/m1/s1. The van der Waals surface area contributed by atoms with Gasteiger partial charge >= 0.3 is 0 Å². The number of imidazole rings is 1. The Labute approximate surface area is 168 Å². The average molecular weight is 386 g/mol. The van der Waals surface area contributed by atoms with Crippen molar-refractivity contribution in [2.24, 2.45) is 13.0 Å². The summed E-state index contributed by atoms with van der Waals surface area (Å²) in [6.45, 7) is 2.69. The molecule has 0 aliphatic carbocycles. The minimum atomic E-state index is -0.0779. The zero-order valence-corrected chi connectivity index (χ0v) is 16.4. The molecule has 5 rings (SSSR count). The second-order valence-electron chi connectivity index (χ2n) is 7.69. The Morgan fingerprint density at radius 2 is 2.00 bits per heavy atom. The molecular weight excluding hydrogens is 364 g/mol. The van der Waals surface area contributed by atoms with Gasteiger partial charge in [0.15, 0.2) is 0 Å². The molecule has 0 unspecified atom stereocenters. The summed E-state index contributed by atoms with van der Waals surface area (Å²) in [7, 11) is 1.99. The molecule has 1 aliphatic rings. The summed E-state index contributed by atoms with van der Waals surface area (Å²) in [6.07, 6.45) is 4.04. The van der Waals surface area contributed by atoms with Crippen LogP contribution in [0.5, 0.6) is 5.75 Å². The zero-order chi connectivity index (χ0) is 20.0. The lowest BCUT2D eigenvalue weighted by Crippen LogP contribution is -2.25. The molecule has 2 atom stereocenters. The zero-order valence-electron chi connectivity index (χ0n) is 16.4. The number of fused-ring (bicyclic) bond motifs is 2. The first-order valence-corrected chi connectivity index (χ1v) is 9.82. The molecule has 0 radical (unpaired) electrons. The van der Waals surface area contributed by atoms with Crippen molar-refractivity contribution < 1.29 is 9.53 Å². The highest BCUT2D eigenvalue weighted by Gasteiger charge is 2.28. The van der Waals surface area contributed by atoms with E-state index in [4.69, 9.17) is 4.74 Å². The number of amides is 1. The fraction of sp³-hybridized carbons (Fsp3) is 0.261. The number of pyridine rings is 1. The second kappa shape index (κ2) is 6.88. The van der Waals surface area contributed by atoms with Gasteiger partial charge in [-0.3, -0.25) is 9.78 Å². The second-order valence-corrected chi connectivity index (χ2v) is 7.69. The van der Waals surface area contributed by atoms with Crippen LogP contribution in [0.1, 0.15) is 13.3 Å². The molecule has 29 heavy (non-hydrogen) atoms. The quantitative estimate of drug-likeness (QED) is 0.581. The van der Waals surface area contributed by atoms with Gasteiger partial charge in [-0.2, -0.15) is 0 Å². The molecule has 3 heterocycles. The Morgan fingerprint density at radius 3 is 2.83 bits per heavy atom. The molecule has 0 bridgehead atoms. The summed E-state index contributed by atoms with van der Waals surface area (Å²) in [5.74, 6) is 1.05. The Bertz CT molecular complexity index is 1230. The van der Waals surface area contributed by atoms with Crippen LogP contribution in [-0.4, -0.2) is 33.1 Å². The molecule has 2 aromatic carbocycles. The van der Waals surface area contributed by atoms with Crippen LogP contribution < -0.4 is 10.1 Å². The highest BCUT2D eigenvalue weighted by atomic mass is 16.5. The van der Waals surface area contributed by atoms with Gasteiger partial charge in [0.2, 0.25) is 5.91 Å². The maximum absolute atomic E-state index is 11.6. The van der Waals surface area contributed by atoms with Crippen LogP contribution in [0.3, 0.4) is 0 Å². The van der Waals surface area contributed by atoms with Crippen LogP contribution in [0, 0.1) is 5.92 Å². The summed E-state index contributed by atoms with van der Waals surface area (Å²) in [4.78, 5) is 20.6. The van der Waals surface area contributed by atoms with Crippen LogP contribution in [0.4, 0.5) is 0 Å². The number of rotatable bonds is 4. The first kappa shape index (κ1) is 17.7. The van der Waals surface area contributed by atoms with Crippen molar-refractivity contribution in [2.45, 2.75) is 19.4 Å². The molecule has 2 aromatic heterocycles. The van der Waals surface area contributed by atoms with Crippen LogP contribution in [0.15, 0.2) is 55.0 Å². The summed E-state index contributed by atoms with van der Waals surface area (Å²) in [6, 6.07) is 14.4. The van der Waals surface area contributed by atoms with Gasteiger partial charge in [-0.1, -0.05) is 6.07 Å². The number of ether oxygens (including phenoxy) is 1. The lowest BCUT2D eigenvalue weighted by atomic mass is 10.0. The highest BCUT2D eigenvalue weighted by molar-refractivity contribution is 5.91. The van der Waals surface area contributed by atoms with Gasteiger partial charge in [0, 0.05) is 37.5 Å². The van der Waals surface area contributed by atoms with E-state index in [1.54, 1.807) is 6.20 Å². The number of nitrogens with one attached hydrogen (secondary N) is 1. The number of aromatic nitrogens is 3. The summed E-state index contributed by atoms with van der Waals surface area (Å²) < 4.78 is 8.37. The van der Waals surface area contributed by atoms with Crippen LogP contribution >= 0.6 is 0 Å². The Balaban J connectivity index is 1.56. The van der Waals surface area contributed by atoms with E-state index in [1.807, 2.05) is 37.0 Å². The third kappa shape index (κ3) is 3.20. The molecule has 1 aliphatic heterocycles. The molecule has 0 saturated carbocycles. The number of nitrogens with zero attached hydrogens (tertiary/aromatic N) is 3. The smallest absolute Gasteiger partial charge is 0.220 e. The van der Waals surface area contributed by atoms with Crippen molar-refractivity contribution in [3.05, 3.63) is 55.0 Å². The first-order valence-electron chi connectivity index (χ1n) is 9.82. The molecule has 1 amide bonds. The predicted octanol–water partition coefficient (Wildman–Crippen LogP) is 3.69. The van der Waals surface area contributed by atoms with E-state index >= 15 is 0 Å². The number of carbonyl (C=O) groups is 1. The molecule has 0 spiro atoms. The minimum Gasteiger partial charge on any atom is -0.490 e. The molecular formula is C23H22N4O2. The van der Waals surface area contributed by atoms with Gasteiger partial charge in [-0.25, -0.2) is 4.98 Å². The van der Waals surface area contributed by atoms with E-state index in [1.165, 1.54) is 0 Å². The lowest BCUT2D eigenvalue weighted by molar-refractivity contribution is -0.119. The largest absolute Gasteiger partial charge is 0.490 e. The summed E-state index contributed by atoms with van der Waals surface area (Å²) >= 11 is 0. The number of hydrogen-bond acceptors (Lipinski definition) is 4. The third-order valence-electron chi connectivity index (χ3n) is 5.73. The SMILES string of the molecule is C[C@@H](Oc1cc(-c2ccc3c(c2)ncn3C)cc2ncccc12)[C@H]1CNC(=O)C1. The maximum atomic E-state index is 11.6. The monoisotopic (exact) mass is 386 g/mol. The molecule has 1 N–H and O–H groups in total. The van der Waals surface area contributed by atoms with Crippen molar-refractivity contribution in [1.29, 1.82) is 0 Å². The first-order chi connectivity index (χ1) is 14.1. The fourth-order valence-electron chi connectivity index (χ4n) is 3.98. The number of benzene rings is 2. The van der Waals surface area contributed by atoms with Gasteiger partial charge in [0.1, 0.15) is 11.9 Å². The highest BCUT2D eigenvalue weighted by Crippen LogP contribution is 2.34. The van der Waals surface area contributed by atoms with E-state index in [0.29, 0.717) is 13.0 Å². The van der Waals surface area contributed by atoms with Crippen molar-refractivity contribution in [3.8, 4) is 16.9 Å². The Kier molecular flexibility index (Phi) is 4.19. The Hall–Kier alpha value is -3.41. The van der Waals surface area contributed by atoms with E-state index in [0.717, 1.165) is 38.8 Å². The summed E-state index contributed by atoms with van der Waals surface area (Å²) in [5, 5.41) is 3.86. The van der Waals surface area contributed by atoms with Crippen molar-refractivity contribution in [1.82, 2.24) is 19.9 Å². The van der Waals surface area contributed by atoms with Crippen molar-refractivity contribution in [3.63, 3.8) is 0 Å². The van der Waals surface area contributed by atoms with Gasteiger partial charge in [0.05, 0.1) is 22.9 Å². The number of aryl methyl sites for hydroxylation is 1. The average Bonchev–Trinajstić information content (AvgIpc) is 3.33. The van der Waals surface area contributed by atoms with Crippen molar-refractivity contribution in [2.75, 3.05) is 6.54 Å². The maximum Gasteiger partial charge on any atom is 0.220 e. The summed E-state index contributed by atoms with van der Waals surface area (Å²) in [5.41, 5.74) is 5.04. The molecule has 4 aromatic rings. The fourth-order valence-corrected chi connectivity index (χ4v) is 3.98. The van der Waals surface area contributed by atoms with Gasteiger partial charge in [0.25, 0.3) is 0 Å². The molecule has 1 saturated heterocycles. The lowest BCUT2D eigenvalue weighted by Gasteiger charge is -2.21. The topological polar surface area (TPSA) is 69.0 Å². The van der Waals surface area contributed by atoms with Gasteiger partial charge in [-0.05, 0) is 54.4 Å². The number of hydrogen-bond donors (Lipinski definition) is 1. The molecule has 1 fully saturated rings. The van der Waals surface area contributed by atoms with E-state index in [-0.39, 0.29) is 17.9 Å². The van der Waals surface area contributed by atoms with Crippen LogP contribution in [-0.2, 0) is 11.8 Å². The normalized spacial score (nSPS) is 17.6. The van der Waals surface area contributed by atoms with Crippen LogP contribution in [0.25, 0.3) is 33.1 Å². The number of carbonyl (C=O) groups excluding carboxylic acids is 1. The van der Waals surface area contributed by atoms with E-state index in [9.17, 15) is 4.79 Å². The third-order valence-corrected chi connectivity index (χ3v) is 5.73. The molecule has 146 valence electrons. The van der Waals surface area contributed by atoms with Gasteiger partial charge < -0.3 is 14.6 Å². The van der Waals surface area contributed by atoms with Crippen molar-refractivity contribution >= 4 is 27.8 Å².